The first-order chi connectivity index (χ1) is 8.93. The minimum Gasteiger partial charge on any atom is -0.369 e. The summed E-state index contributed by atoms with van der Waals surface area (Å²) in [6, 6.07) is 21.0. The van der Waals surface area contributed by atoms with Crippen molar-refractivity contribution in [3.05, 3.63) is 77.9 Å². The molecular weight excluding hydrogens is 220 g/mol. The molecule has 1 heteroatoms. The van der Waals surface area contributed by atoms with Crippen LogP contribution in [0.3, 0.4) is 0 Å². The van der Waals surface area contributed by atoms with Crippen LogP contribution in [0.25, 0.3) is 5.57 Å². The molecule has 0 radical (unpaired) electrons. The van der Waals surface area contributed by atoms with E-state index >= 15 is 0 Å². The molecule has 18 heavy (non-hydrogen) atoms. The molecular formula is C17H16O. The molecule has 0 saturated heterocycles. The van der Waals surface area contributed by atoms with Gasteiger partial charge in [0.2, 0.25) is 0 Å². The van der Waals surface area contributed by atoms with Crippen LogP contribution in [0.2, 0.25) is 0 Å². The van der Waals surface area contributed by atoms with Gasteiger partial charge in [-0.2, -0.15) is 0 Å². The van der Waals surface area contributed by atoms with Gasteiger partial charge in [-0.25, -0.2) is 0 Å². The maximum absolute atomic E-state index is 5.84. The van der Waals surface area contributed by atoms with E-state index in [0.717, 1.165) is 6.42 Å². The highest BCUT2D eigenvalue weighted by Gasteiger charge is 2.18. The molecule has 1 heterocycles. The first-order valence-electron chi connectivity index (χ1n) is 6.34. The van der Waals surface area contributed by atoms with Crippen molar-refractivity contribution in [2.24, 2.45) is 0 Å². The zero-order valence-corrected chi connectivity index (χ0v) is 10.3. The van der Waals surface area contributed by atoms with Crippen molar-refractivity contribution in [2.45, 2.75) is 12.5 Å². The van der Waals surface area contributed by atoms with E-state index in [1.165, 1.54) is 16.7 Å². The van der Waals surface area contributed by atoms with Crippen molar-refractivity contribution in [2.75, 3.05) is 6.61 Å². The van der Waals surface area contributed by atoms with Gasteiger partial charge in [0.25, 0.3) is 0 Å². The topological polar surface area (TPSA) is 9.23 Å². The fourth-order valence-electron chi connectivity index (χ4n) is 2.38. The van der Waals surface area contributed by atoms with Crippen molar-refractivity contribution in [1.29, 1.82) is 0 Å². The zero-order valence-electron chi connectivity index (χ0n) is 10.3. The largest absolute Gasteiger partial charge is 0.369 e. The van der Waals surface area contributed by atoms with Gasteiger partial charge in [0.1, 0.15) is 0 Å². The van der Waals surface area contributed by atoms with Gasteiger partial charge in [-0.3, -0.25) is 0 Å². The van der Waals surface area contributed by atoms with Crippen molar-refractivity contribution in [3.8, 4) is 0 Å². The molecule has 0 saturated carbocycles. The SMILES string of the molecule is C1=C(c2ccccc2)C[C@H](c2ccccc2)OC1. The maximum Gasteiger partial charge on any atom is 0.0869 e. The summed E-state index contributed by atoms with van der Waals surface area (Å²) in [5.41, 5.74) is 3.96. The fraction of sp³-hybridized carbons (Fsp3) is 0.176. The summed E-state index contributed by atoms with van der Waals surface area (Å²) in [6.07, 6.45) is 3.33. The molecule has 1 nitrogen and oxygen atoms in total. The van der Waals surface area contributed by atoms with Crippen LogP contribution in [-0.4, -0.2) is 6.61 Å². The lowest BCUT2D eigenvalue weighted by molar-refractivity contribution is 0.0708. The number of benzene rings is 2. The molecule has 0 spiro atoms. The predicted molar refractivity (Wildman–Crippen MR) is 74.2 cm³/mol. The Labute approximate surface area is 108 Å². The average Bonchev–Trinajstić information content (AvgIpc) is 2.49. The zero-order chi connectivity index (χ0) is 12.2. The van der Waals surface area contributed by atoms with E-state index in [1.54, 1.807) is 0 Å². The predicted octanol–water partition coefficient (Wildman–Crippen LogP) is 4.23. The normalized spacial score (nSPS) is 19.3. The standard InChI is InChI=1S/C17H16O/c1-3-7-14(8-4-1)16-11-12-18-17(13-16)15-9-5-2-6-10-15/h1-11,17H,12-13H2/t17-/m1/s1. The van der Waals surface area contributed by atoms with Crippen molar-refractivity contribution >= 4 is 5.57 Å². The number of rotatable bonds is 2. The van der Waals surface area contributed by atoms with Gasteiger partial charge in [0.15, 0.2) is 0 Å². The first kappa shape index (κ1) is 11.2. The minimum atomic E-state index is 0.186. The van der Waals surface area contributed by atoms with Crippen molar-refractivity contribution < 1.29 is 4.74 Å². The summed E-state index contributed by atoms with van der Waals surface area (Å²) in [5, 5.41) is 0. The van der Waals surface area contributed by atoms with E-state index in [4.69, 9.17) is 4.74 Å². The Morgan fingerprint density at radius 2 is 1.50 bits per heavy atom. The van der Waals surface area contributed by atoms with E-state index in [1.807, 2.05) is 6.07 Å². The maximum atomic E-state index is 5.84. The molecule has 0 N–H and O–H groups in total. The molecule has 1 aliphatic rings. The van der Waals surface area contributed by atoms with Crippen LogP contribution in [0.4, 0.5) is 0 Å². The fourth-order valence-corrected chi connectivity index (χ4v) is 2.38. The lowest BCUT2D eigenvalue weighted by atomic mass is 9.94. The average molecular weight is 236 g/mol. The molecule has 0 amide bonds. The number of ether oxygens (including phenoxy) is 1. The molecule has 0 fully saturated rings. The van der Waals surface area contributed by atoms with Gasteiger partial charge in [-0.1, -0.05) is 66.7 Å². The molecule has 0 unspecified atom stereocenters. The Kier molecular flexibility index (Phi) is 3.24. The molecule has 3 rings (SSSR count). The van der Waals surface area contributed by atoms with Gasteiger partial charge < -0.3 is 4.74 Å². The molecule has 0 aliphatic carbocycles. The Bertz CT molecular complexity index is 528. The summed E-state index contributed by atoms with van der Waals surface area (Å²) >= 11 is 0. The van der Waals surface area contributed by atoms with Crippen LogP contribution in [0, 0.1) is 0 Å². The summed E-state index contributed by atoms with van der Waals surface area (Å²) < 4.78 is 5.84. The van der Waals surface area contributed by atoms with Crippen LogP contribution in [0.15, 0.2) is 66.7 Å². The van der Waals surface area contributed by atoms with E-state index in [2.05, 4.69) is 60.7 Å². The molecule has 1 atom stereocenters. The highest BCUT2D eigenvalue weighted by Crippen LogP contribution is 2.33. The van der Waals surface area contributed by atoms with Gasteiger partial charge in [-0.05, 0) is 16.7 Å². The number of hydrogen-bond donors (Lipinski definition) is 0. The van der Waals surface area contributed by atoms with Crippen LogP contribution in [-0.2, 0) is 4.74 Å². The van der Waals surface area contributed by atoms with Crippen LogP contribution in [0.5, 0.6) is 0 Å². The number of hydrogen-bond acceptors (Lipinski definition) is 1. The summed E-state index contributed by atoms with van der Waals surface area (Å²) in [4.78, 5) is 0. The monoisotopic (exact) mass is 236 g/mol. The highest BCUT2D eigenvalue weighted by atomic mass is 16.5. The molecule has 0 aromatic heterocycles. The molecule has 1 aliphatic heterocycles. The van der Waals surface area contributed by atoms with Gasteiger partial charge >= 0.3 is 0 Å². The van der Waals surface area contributed by atoms with Gasteiger partial charge in [0.05, 0.1) is 12.7 Å². The smallest absolute Gasteiger partial charge is 0.0869 e. The quantitative estimate of drug-likeness (QED) is 0.758. The molecule has 0 bridgehead atoms. The Morgan fingerprint density at radius 1 is 0.833 bits per heavy atom. The van der Waals surface area contributed by atoms with Crippen LogP contribution in [0.1, 0.15) is 23.7 Å². The van der Waals surface area contributed by atoms with Crippen LogP contribution >= 0.6 is 0 Å². The summed E-state index contributed by atoms with van der Waals surface area (Å²) in [5.74, 6) is 0. The first-order valence-corrected chi connectivity index (χ1v) is 6.34. The second-order valence-corrected chi connectivity index (χ2v) is 4.53. The van der Waals surface area contributed by atoms with Gasteiger partial charge in [-0.15, -0.1) is 0 Å². The van der Waals surface area contributed by atoms with E-state index < -0.39 is 0 Å². The van der Waals surface area contributed by atoms with Crippen molar-refractivity contribution in [1.82, 2.24) is 0 Å². The minimum absolute atomic E-state index is 0.186. The van der Waals surface area contributed by atoms with Crippen LogP contribution < -0.4 is 0 Å². The second-order valence-electron chi connectivity index (χ2n) is 4.53. The van der Waals surface area contributed by atoms with Crippen molar-refractivity contribution in [3.63, 3.8) is 0 Å². The van der Waals surface area contributed by atoms with E-state index in [-0.39, 0.29) is 6.10 Å². The molecule has 2 aromatic carbocycles. The Balaban J connectivity index is 1.82. The lowest BCUT2D eigenvalue weighted by Crippen LogP contribution is -2.10. The second kappa shape index (κ2) is 5.19. The van der Waals surface area contributed by atoms with Gasteiger partial charge in [0, 0.05) is 6.42 Å². The lowest BCUT2D eigenvalue weighted by Gasteiger charge is -2.24. The Morgan fingerprint density at radius 3 is 2.22 bits per heavy atom. The summed E-state index contributed by atoms with van der Waals surface area (Å²) in [7, 11) is 0. The molecule has 2 aromatic rings. The highest BCUT2D eigenvalue weighted by molar-refractivity contribution is 5.66. The van der Waals surface area contributed by atoms with E-state index in [9.17, 15) is 0 Å². The third kappa shape index (κ3) is 2.36. The Hall–Kier alpha value is -1.86. The van der Waals surface area contributed by atoms with E-state index in [0.29, 0.717) is 6.61 Å². The third-order valence-corrected chi connectivity index (χ3v) is 3.35. The molecule has 90 valence electrons. The third-order valence-electron chi connectivity index (χ3n) is 3.35. The summed E-state index contributed by atoms with van der Waals surface area (Å²) in [6.45, 7) is 0.698.